The first kappa shape index (κ1) is 17.3. The zero-order valence-electron chi connectivity index (χ0n) is 14.6. The molecule has 2 aromatic rings. The quantitative estimate of drug-likeness (QED) is 0.700. The maximum absolute atomic E-state index is 12.9. The first-order valence-corrected chi connectivity index (χ1v) is 8.56. The van der Waals surface area contributed by atoms with Crippen molar-refractivity contribution in [2.24, 2.45) is 0 Å². The fourth-order valence-corrected chi connectivity index (χ4v) is 2.81. The van der Waals surface area contributed by atoms with Crippen molar-refractivity contribution in [1.82, 2.24) is 4.90 Å². The van der Waals surface area contributed by atoms with Crippen LogP contribution in [0.5, 0.6) is 0 Å². The normalized spacial score (nSPS) is 13.4. The van der Waals surface area contributed by atoms with E-state index in [0.29, 0.717) is 0 Å². The molecule has 2 atom stereocenters. The molecule has 2 nitrogen and oxygen atoms in total. The van der Waals surface area contributed by atoms with Gasteiger partial charge in [0.15, 0.2) is 0 Å². The minimum atomic E-state index is 0.133. The van der Waals surface area contributed by atoms with E-state index in [0.717, 1.165) is 24.0 Å². The van der Waals surface area contributed by atoms with Gasteiger partial charge in [-0.2, -0.15) is 0 Å². The van der Waals surface area contributed by atoms with E-state index in [4.69, 9.17) is 0 Å². The number of benzene rings is 2. The lowest BCUT2D eigenvalue weighted by Gasteiger charge is -2.34. The maximum atomic E-state index is 12.9. The Balaban J connectivity index is 2.25. The van der Waals surface area contributed by atoms with Gasteiger partial charge in [-0.15, -0.1) is 0 Å². The van der Waals surface area contributed by atoms with Gasteiger partial charge in [-0.05, 0) is 49.9 Å². The summed E-state index contributed by atoms with van der Waals surface area (Å²) in [6.45, 7) is 8.52. The Labute approximate surface area is 140 Å². The fourth-order valence-electron chi connectivity index (χ4n) is 2.81. The predicted octanol–water partition coefficient (Wildman–Crippen LogP) is 5.39. The van der Waals surface area contributed by atoms with E-state index in [1.165, 1.54) is 5.56 Å². The molecule has 0 aromatic heterocycles. The van der Waals surface area contributed by atoms with Gasteiger partial charge in [0.05, 0.1) is 0 Å². The predicted molar refractivity (Wildman–Crippen MR) is 97.6 cm³/mol. The Morgan fingerprint density at radius 1 is 0.826 bits per heavy atom. The van der Waals surface area contributed by atoms with Crippen LogP contribution in [-0.4, -0.2) is 22.9 Å². The van der Waals surface area contributed by atoms with Crippen LogP contribution in [0.2, 0.25) is 0 Å². The molecule has 0 radical (unpaired) electrons. The second-order valence-electron chi connectivity index (χ2n) is 6.17. The Morgan fingerprint density at radius 3 is 1.78 bits per heavy atom. The van der Waals surface area contributed by atoms with Gasteiger partial charge in [-0.3, -0.25) is 4.79 Å². The van der Waals surface area contributed by atoms with Crippen molar-refractivity contribution in [2.75, 3.05) is 0 Å². The zero-order chi connectivity index (χ0) is 16.8. The molecule has 0 aliphatic heterocycles. The van der Waals surface area contributed by atoms with Crippen molar-refractivity contribution in [3.8, 4) is 11.1 Å². The van der Waals surface area contributed by atoms with Crippen LogP contribution in [0, 0.1) is 0 Å². The smallest absolute Gasteiger partial charge is 0.254 e. The van der Waals surface area contributed by atoms with Gasteiger partial charge in [0.2, 0.25) is 0 Å². The first-order valence-electron chi connectivity index (χ1n) is 8.56. The maximum Gasteiger partial charge on any atom is 0.254 e. The number of carbonyl (C=O) groups is 1. The van der Waals surface area contributed by atoms with Gasteiger partial charge in [-0.1, -0.05) is 56.3 Å². The SMILES string of the molecule is CCC(C)N(C(=O)c1ccc(-c2ccccc2)cc1)C(C)CC. The summed E-state index contributed by atoms with van der Waals surface area (Å²) >= 11 is 0. The molecular weight excluding hydrogens is 282 g/mol. The van der Waals surface area contributed by atoms with Crippen molar-refractivity contribution in [1.29, 1.82) is 0 Å². The molecule has 0 N–H and O–H groups in total. The number of carbonyl (C=O) groups excluding carboxylic acids is 1. The lowest BCUT2D eigenvalue weighted by molar-refractivity contribution is 0.0598. The third kappa shape index (κ3) is 4.01. The monoisotopic (exact) mass is 309 g/mol. The molecule has 1 amide bonds. The van der Waals surface area contributed by atoms with E-state index in [1.807, 2.05) is 47.4 Å². The number of amides is 1. The van der Waals surface area contributed by atoms with E-state index >= 15 is 0 Å². The summed E-state index contributed by atoms with van der Waals surface area (Å²) < 4.78 is 0. The average molecular weight is 309 g/mol. The summed E-state index contributed by atoms with van der Waals surface area (Å²) in [6, 6.07) is 18.7. The van der Waals surface area contributed by atoms with E-state index < -0.39 is 0 Å². The van der Waals surface area contributed by atoms with Crippen LogP contribution in [0.4, 0.5) is 0 Å². The molecule has 122 valence electrons. The molecule has 2 heteroatoms. The molecule has 23 heavy (non-hydrogen) atoms. The standard InChI is InChI=1S/C21H27NO/c1-5-16(3)22(17(4)6-2)21(23)20-14-12-19(13-15-20)18-10-8-7-9-11-18/h7-17H,5-6H2,1-4H3. The van der Waals surface area contributed by atoms with Crippen molar-refractivity contribution in [3.05, 3.63) is 60.2 Å². The zero-order valence-corrected chi connectivity index (χ0v) is 14.6. The molecular formula is C21H27NO. The average Bonchev–Trinajstić information content (AvgIpc) is 2.62. The fraction of sp³-hybridized carbons (Fsp3) is 0.381. The van der Waals surface area contributed by atoms with Crippen LogP contribution in [0.15, 0.2) is 54.6 Å². The highest BCUT2D eigenvalue weighted by molar-refractivity contribution is 5.95. The topological polar surface area (TPSA) is 20.3 Å². The molecule has 2 unspecified atom stereocenters. The second kappa shape index (κ2) is 7.96. The summed E-state index contributed by atoms with van der Waals surface area (Å²) in [7, 11) is 0. The second-order valence-corrected chi connectivity index (χ2v) is 6.17. The highest BCUT2D eigenvalue weighted by atomic mass is 16.2. The Hall–Kier alpha value is -2.09. The molecule has 0 aliphatic rings. The van der Waals surface area contributed by atoms with Crippen molar-refractivity contribution in [2.45, 2.75) is 52.6 Å². The number of rotatable bonds is 6. The summed E-state index contributed by atoms with van der Waals surface area (Å²) in [5.74, 6) is 0.133. The minimum absolute atomic E-state index is 0.133. The molecule has 0 saturated carbocycles. The van der Waals surface area contributed by atoms with Gasteiger partial charge in [-0.25, -0.2) is 0 Å². The van der Waals surface area contributed by atoms with Crippen LogP contribution in [0.1, 0.15) is 50.9 Å². The van der Waals surface area contributed by atoms with Crippen LogP contribution < -0.4 is 0 Å². The van der Waals surface area contributed by atoms with Crippen LogP contribution in [0.25, 0.3) is 11.1 Å². The third-order valence-electron chi connectivity index (χ3n) is 4.60. The number of hydrogen-bond donors (Lipinski definition) is 0. The van der Waals surface area contributed by atoms with E-state index in [2.05, 4.69) is 39.8 Å². The van der Waals surface area contributed by atoms with Gasteiger partial charge in [0.25, 0.3) is 5.91 Å². The lowest BCUT2D eigenvalue weighted by Crippen LogP contribution is -2.44. The Kier molecular flexibility index (Phi) is 5.97. The molecule has 0 heterocycles. The van der Waals surface area contributed by atoms with E-state index in [1.54, 1.807) is 0 Å². The Morgan fingerprint density at radius 2 is 1.30 bits per heavy atom. The Bertz CT molecular complexity index is 608. The summed E-state index contributed by atoms with van der Waals surface area (Å²) in [5.41, 5.74) is 3.08. The minimum Gasteiger partial charge on any atom is -0.333 e. The molecule has 0 fully saturated rings. The van der Waals surface area contributed by atoms with Crippen molar-refractivity contribution >= 4 is 5.91 Å². The summed E-state index contributed by atoms with van der Waals surface area (Å²) in [5, 5.41) is 0. The molecule has 0 bridgehead atoms. The van der Waals surface area contributed by atoms with Gasteiger partial charge >= 0.3 is 0 Å². The van der Waals surface area contributed by atoms with E-state index in [9.17, 15) is 4.79 Å². The van der Waals surface area contributed by atoms with Crippen molar-refractivity contribution in [3.63, 3.8) is 0 Å². The number of hydrogen-bond acceptors (Lipinski definition) is 1. The summed E-state index contributed by atoms with van der Waals surface area (Å²) in [4.78, 5) is 14.9. The summed E-state index contributed by atoms with van der Waals surface area (Å²) in [6.07, 6.45) is 1.94. The molecule has 0 aliphatic carbocycles. The van der Waals surface area contributed by atoms with Crippen LogP contribution >= 0.6 is 0 Å². The molecule has 2 rings (SSSR count). The largest absolute Gasteiger partial charge is 0.333 e. The van der Waals surface area contributed by atoms with Crippen LogP contribution in [-0.2, 0) is 0 Å². The van der Waals surface area contributed by atoms with E-state index in [-0.39, 0.29) is 18.0 Å². The van der Waals surface area contributed by atoms with Gasteiger partial charge in [0.1, 0.15) is 0 Å². The van der Waals surface area contributed by atoms with Gasteiger partial charge in [0, 0.05) is 17.6 Å². The lowest BCUT2D eigenvalue weighted by atomic mass is 10.0. The molecule has 0 spiro atoms. The van der Waals surface area contributed by atoms with Gasteiger partial charge < -0.3 is 4.90 Å². The van der Waals surface area contributed by atoms with Crippen molar-refractivity contribution < 1.29 is 4.79 Å². The third-order valence-corrected chi connectivity index (χ3v) is 4.60. The van der Waals surface area contributed by atoms with Crippen LogP contribution in [0.3, 0.4) is 0 Å². The number of nitrogens with zero attached hydrogens (tertiary/aromatic N) is 1. The first-order chi connectivity index (χ1) is 11.1. The molecule has 2 aromatic carbocycles. The molecule has 0 saturated heterocycles. The highest BCUT2D eigenvalue weighted by Crippen LogP contribution is 2.21. The highest BCUT2D eigenvalue weighted by Gasteiger charge is 2.24.